The van der Waals surface area contributed by atoms with Gasteiger partial charge >= 0.3 is 17.8 Å². The third kappa shape index (κ3) is 3.57. The first-order valence-corrected chi connectivity index (χ1v) is 10.3. The third-order valence-corrected chi connectivity index (χ3v) is 6.37. The van der Waals surface area contributed by atoms with Crippen LogP contribution in [0.5, 0.6) is 0 Å². The highest BCUT2D eigenvalue weighted by atomic mass is 32.2. The number of nitrogens with zero attached hydrogens (tertiary/aromatic N) is 3. The molecule has 27 heavy (non-hydrogen) atoms. The molecule has 0 saturated carbocycles. The number of hydrogen-bond donors (Lipinski definition) is 0. The lowest BCUT2D eigenvalue weighted by molar-refractivity contribution is -0.143. The number of sulfone groups is 1. The molecule has 3 rings (SSSR count). The fourth-order valence-electron chi connectivity index (χ4n) is 3.31. The van der Waals surface area contributed by atoms with Gasteiger partial charge in [-0.2, -0.15) is 0 Å². The Hall–Kier alpha value is -2.75. The molecule has 0 unspecified atom stereocenters. The minimum atomic E-state index is -3.26. The molecular weight excluding hydrogens is 374 g/mol. The molecular formula is C17H19N3O6S. The first-order chi connectivity index (χ1) is 12.7. The second kappa shape index (κ2) is 7.10. The molecule has 1 aromatic carbocycles. The van der Waals surface area contributed by atoms with Crippen molar-refractivity contribution in [2.75, 3.05) is 29.5 Å². The number of anilines is 1. The van der Waals surface area contributed by atoms with Crippen LogP contribution in [0, 0.1) is 0 Å². The van der Waals surface area contributed by atoms with E-state index in [0.717, 1.165) is 4.90 Å². The molecule has 5 amide bonds. The van der Waals surface area contributed by atoms with Crippen molar-refractivity contribution < 1.29 is 27.6 Å². The molecule has 0 N–H and O–H groups in total. The Kier molecular flexibility index (Phi) is 5.01. The first-order valence-electron chi connectivity index (χ1n) is 8.50. The lowest BCUT2D eigenvalue weighted by Crippen LogP contribution is -2.48. The molecule has 2 saturated heterocycles. The van der Waals surface area contributed by atoms with Gasteiger partial charge in [0.2, 0.25) is 5.91 Å². The van der Waals surface area contributed by atoms with E-state index in [2.05, 4.69) is 0 Å². The smallest absolute Gasteiger partial charge is 0.307 e. The van der Waals surface area contributed by atoms with Gasteiger partial charge < -0.3 is 4.90 Å². The zero-order chi connectivity index (χ0) is 19.8. The van der Waals surface area contributed by atoms with Crippen LogP contribution in [0.1, 0.15) is 13.3 Å². The SMILES string of the molecule is CCN1C(=O)C(=O)N(CC(=O)N(c2ccccc2)[C@H]2CCS(=O)(=O)C2)C1=O. The Morgan fingerprint density at radius 2 is 1.74 bits per heavy atom. The molecule has 144 valence electrons. The zero-order valence-corrected chi connectivity index (χ0v) is 15.5. The van der Waals surface area contributed by atoms with E-state index in [0.29, 0.717) is 10.6 Å². The van der Waals surface area contributed by atoms with Crippen LogP contribution in [0.4, 0.5) is 10.5 Å². The molecule has 0 aromatic heterocycles. The molecule has 2 heterocycles. The number of carbonyl (C=O) groups is 4. The topological polar surface area (TPSA) is 112 Å². The van der Waals surface area contributed by atoms with E-state index in [-0.39, 0.29) is 24.5 Å². The maximum atomic E-state index is 12.9. The monoisotopic (exact) mass is 393 g/mol. The minimum absolute atomic E-state index is 0.0252. The van der Waals surface area contributed by atoms with Gasteiger partial charge in [-0.15, -0.1) is 0 Å². The summed E-state index contributed by atoms with van der Waals surface area (Å²) >= 11 is 0. The van der Waals surface area contributed by atoms with Crippen molar-refractivity contribution in [1.82, 2.24) is 9.80 Å². The van der Waals surface area contributed by atoms with Crippen LogP contribution in [0.3, 0.4) is 0 Å². The third-order valence-electron chi connectivity index (χ3n) is 4.62. The lowest BCUT2D eigenvalue weighted by Gasteiger charge is -2.29. The van der Waals surface area contributed by atoms with E-state index in [4.69, 9.17) is 0 Å². The standard InChI is InChI=1S/C17H19N3O6S/c1-2-18-15(22)16(23)19(17(18)24)10-14(21)20(12-6-4-3-5-7-12)13-8-9-27(25,26)11-13/h3-7,13H,2,8-11H2,1H3/t13-/m0/s1. The lowest BCUT2D eigenvalue weighted by atomic mass is 10.1. The van der Waals surface area contributed by atoms with E-state index in [1.807, 2.05) is 0 Å². The molecule has 0 spiro atoms. The van der Waals surface area contributed by atoms with Crippen LogP contribution >= 0.6 is 0 Å². The quantitative estimate of drug-likeness (QED) is 0.515. The van der Waals surface area contributed by atoms with Gasteiger partial charge in [0.1, 0.15) is 6.54 Å². The second-order valence-electron chi connectivity index (χ2n) is 6.38. The molecule has 2 aliphatic rings. The summed E-state index contributed by atoms with van der Waals surface area (Å²) < 4.78 is 23.7. The van der Waals surface area contributed by atoms with Crippen LogP contribution in [0.2, 0.25) is 0 Å². The predicted octanol–water partition coefficient (Wildman–Crippen LogP) is 0.0174. The highest BCUT2D eigenvalue weighted by Crippen LogP contribution is 2.25. The molecule has 2 aliphatic heterocycles. The van der Waals surface area contributed by atoms with E-state index >= 15 is 0 Å². The van der Waals surface area contributed by atoms with Gasteiger partial charge in [0, 0.05) is 12.2 Å². The summed E-state index contributed by atoms with van der Waals surface area (Å²) in [5.41, 5.74) is 0.474. The minimum Gasteiger partial charge on any atom is -0.307 e. The number of hydrogen-bond acceptors (Lipinski definition) is 6. The number of rotatable bonds is 5. The summed E-state index contributed by atoms with van der Waals surface area (Å²) in [5.74, 6) is -2.85. The van der Waals surface area contributed by atoms with E-state index in [9.17, 15) is 27.6 Å². The molecule has 9 nitrogen and oxygen atoms in total. The summed E-state index contributed by atoms with van der Waals surface area (Å²) in [7, 11) is -3.26. The normalized spacial score (nSPS) is 21.8. The molecule has 1 atom stereocenters. The van der Waals surface area contributed by atoms with E-state index in [1.165, 1.54) is 4.90 Å². The van der Waals surface area contributed by atoms with Crippen molar-refractivity contribution in [2.45, 2.75) is 19.4 Å². The summed E-state index contributed by atoms with van der Waals surface area (Å²) in [4.78, 5) is 51.7. The van der Waals surface area contributed by atoms with E-state index in [1.54, 1.807) is 37.3 Å². The number of amides is 5. The van der Waals surface area contributed by atoms with Crippen LogP contribution in [-0.2, 0) is 24.2 Å². The number of likely N-dealkylation sites (N-methyl/N-ethyl adjacent to an activating group) is 1. The number of imide groups is 2. The van der Waals surface area contributed by atoms with Crippen molar-refractivity contribution >= 4 is 39.3 Å². The Bertz CT molecular complexity index is 899. The molecule has 0 aliphatic carbocycles. The Labute approximate surface area is 156 Å². The predicted molar refractivity (Wildman–Crippen MR) is 95.5 cm³/mol. The van der Waals surface area contributed by atoms with Crippen molar-refractivity contribution in [3.8, 4) is 0 Å². The molecule has 2 fully saturated rings. The Morgan fingerprint density at radius 3 is 2.26 bits per heavy atom. The summed E-state index contributed by atoms with van der Waals surface area (Å²) in [5, 5.41) is 0. The molecule has 0 radical (unpaired) electrons. The average Bonchev–Trinajstić information content (AvgIpc) is 3.08. The van der Waals surface area contributed by atoms with Crippen molar-refractivity contribution in [3.05, 3.63) is 30.3 Å². The van der Waals surface area contributed by atoms with Gasteiger partial charge in [-0.25, -0.2) is 18.1 Å². The Balaban J connectivity index is 1.87. The summed E-state index contributed by atoms with van der Waals surface area (Å²) in [6.07, 6.45) is 0.269. The van der Waals surface area contributed by atoms with Gasteiger partial charge in [-0.1, -0.05) is 18.2 Å². The Morgan fingerprint density at radius 1 is 1.11 bits per heavy atom. The molecule has 0 bridgehead atoms. The van der Waals surface area contributed by atoms with Gasteiger partial charge in [-0.3, -0.25) is 19.3 Å². The molecule has 1 aromatic rings. The largest absolute Gasteiger partial charge is 0.334 e. The fraction of sp³-hybridized carbons (Fsp3) is 0.412. The number of urea groups is 1. The van der Waals surface area contributed by atoms with Crippen LogP contribution in [-0.4, -0.2) is 72.6 Å². The van der Waals surface area contributed by atoms with Crippen LogP contribution in [0.15, 0.2) is 30.3 Å². The second-order valence-corrected chi connectivity index (χ2v) is 8.61. The number of para-hydroxylation sites is 1. The number of benzene rings is 1. The van der Waals surface area contributed by atoms with Crippen LogP contribution < -0.4 is 4.90 Å². The number of carbonyl (C=O) groups excluding carboxylic acids is 4. The highest BCUT2D eigenvalue weighted by Gasteiger charge is 2.45. The summed E-state index contributed by atoms with van der Waals surface area (Å²) in [6.45, 7) is 0.955. The highest BCUT2D eigenvalue weighted by molar-refractivity contribution is 7.91. The first kappa shape index (κ1) is 19.0. The fourth-order valence-corrected chi connectivity index (χ4v) is 5.01. The summed E-state index contributed by atoms with van der Waals surface area (Å²) in [6, 6.07) is 7.03. The zero-order valence-electron chi connectivity index (χ0n) is 14.7. The maximum Gasteiger partial charge on any atom is 0.334 e. The van der Waals surface area contributed by atoms with Gasteiger partial charge in [0.05, 0.1) is 17.5 Å². The maximum absolute atomic E-state index is 12.9. The van der Waals surface area contributed by atoms with Gasteiger partial charge in [-0.05, 0) is 25.5 Å². The van der Waals surface area contributed by atoms with Crippen molar-refractivity contribution in [3.63, 3.8) is 0 Å². The van der Waals surface area contributed by atoms with Gasteiger partial charge in [0.15, 0.2) is 9.84 Å². The van der Waals surface area contributed by atoms with Gasteiger partial charge in [0.25, 0.3) is 0 Å². The van der Waals surface area contributed by atoms with Crippen molar-refractivity contribution in [1.29, 1.82) is 0 Å². The molecule has 10 heteroatoms. The average molecular weight is 393 g/mol. The van der Waals surface area contributed by atoms with E-state index < -0.39 is 46.2 Å². The van der Waals surface area contributed by atoms with Crippen LogP contribution in [0.25, 0.3) is 0 Å². The van der Waals surface area contributed by atoms with Crippen molar-refractivity contribution in [2.24, 2.45) is 0 Å².